The molecule has 3 aromatic carbocycles. The molecule has 0 atom stereocenters. The van der Waals surface area contributed by atoms with Gasteiger partial charge in [0.2, 0.25) is 11.7 Å². The number of methoxy groups -OCH3 is 5. The maximum absolute atomic E-state index is 13.7. The summed E-state index contributed by atoms with van der Waals surface area (Å²) in [5.74, 6) is 1.52. The van der Waals surface area contributed by atoms with E-state index in [1.54, 1.807) is 36.4 Å². The number of carbonyl (C=O) groups is 1. The van der Waals surface area contributed by atoms with Crippen LogP contribution in [0.5, 0.6) is 28.7 Å². The molecule has 0 saturated carbocycles. The van der Waals surface area contributed by atoms with Gasteiger partial charge in [0.1, 0.15) is 18.0 Å². The number of nitrogens with zero attached hydrogens (tertiary/aromatic N) is 1. The number of sulfonamides is 1. The van der Waals surface area contributed by atoms with Crippen molar-refractivity contribution in [3.8, 4) is 28.7 Å². The van der Waals surface area contributed by atoms with Gasteiger partial charge in [0.25, 0.3) is 10.0 Å². The molecule has 0 saturated heterocycles. The minimum atomic E-state index is -4.15. The average Bonchev–Trinajstić information content (AvgIpc) is 2.93. The molecule has 0 aliphatic heterocycles. The lowest BCUT2D eigenvalue weighted by Crippen LogP contribution is -2.40. The summed E-state index contributed by atoms with van der Waals surface area (Å²) < 4.78 is 55.0. The summed E-state index contributed by atoms with van der Waals surface area (Å²) in [5, 5.41) is 2.76. The van der Waals surface area contributed by atoms with Gasteiger partial charge >= 0.3 is 0 Å². The van der Waals surface area contributed by atoms with Gasteiger partial charge in [-0.2, -0.15) is 0 Å². The molecule has 0 bridgehead atoms. The third-order valence-corrected chi connectivity index (χ3v) is 7.32. The summed E-state index contributed by atoms with van der Waals surface area (Å²) in [6, 6.07) is 15.9. The molecule has 0 spiro atoms. The van der Waals surface area contributed by atoms with Crippen LogP contribution in [0.3, 0.4) is 0 Å². The molecule has 0 fully saturated rings. The van der Waals surface area contributed by atoms with Crippen molar-refractivity contribution in [2.45, 2.75) is 11.4 Å². The third-order valence-electron chi connectivity index (χ3n) is 5.55. The first-order valence-electron chi connectivity index (χ1n) is 11.1. The molecule has 0 aromatic heterocycles. The summed E-state index contributed by atoms with van der Waals surface area (Å²) in [6.45, 7) is -0.435. The van der Waals surface area contributed by atoms with Gasteiger partial charge in [0.15, 0.2) is 11.5 Å². The molecule has 0 unspecified atom stereocenters. The van der Waals surface area contributed by atoms with Crippen LogP contribution >= 0.6 is 0 Å². The Bertz CT molecular complexity index is 1330. The summed E-state index contributed by atoms with van der Waals surface area (Å²) in [5.41, 5.74) is 0.843. The zero-order valence-corrected chi connectivity index (χ0v) is 22.1. The van der Waals surface area contributed by atoms with Crippen molar-refractivity contribution in [1.29, 1.82) is 0 Å². The van der Waals surface area contributed by atoms with Crippen molar-refractivity contribution in [3.05, 3.63) is 66.2 Å². The van der Waals surface area contributed by atoms with Gasteiger partial charge < -0.3 is 29.0 Å². The number of ether oxygens (including phenoxy) is 5. The second kappa shape index (κ2) is 12.2. The maximum Gasteiger partial charge on any atom is 0.264 e. The molecular weight excluding hydrogens is 500 g/mol. The maximum atomic E-state index is 13.7. The zero-order valence-electron chi connectivity index (χ0n) is 21.3. The Morgan fingerprint density at radius 3 is 2.00 bits per heavy atom. The molecule has 0 aliphatic carbocycles. The van der Waals surface area contributed by atoms with E-state index in [0.717, 1.165) is 4.31 Å². The van der Waals surface area contributed by atoms with Gasteiger partial charge in [-0.3, -0.25) is 9.10 Å². The summed E-state index contributed by atoms with van der Waals surface area (Å²) in [4.78, 5) is 13.1. The van der Waals surface area contributed by atoms with E-state index in [1.807, 2.05) is 0 Å². The van der Waals surface area contributed by atoms with Gasteiger partial charge in [-0.1, -0.05) is 12.1 Å². The highest BCUT2D eigenvalue weighted by molar-refractivity contribution is 7.92. The van der Waals surface area contributed by atoms with Crippen molar-refractivity contribution < 1.29 is 36.9 Å². The molecule has 1 amide bonds. The Balaban J connectivity index is 1.91. The molecule has 1 N–H and O–H groups in total. The molecule has 37 heavy (non-hydrogen) atoms. The van der Waals surface area contributed by atoms with Crippen molar-refractivity contribution in [2.75, 3.05) is 46.4 Å². The first-order chi connectivity index (χ1) is 17.8. The largest absolute Gasteiger partial charge is 0.497 e. The number of rotatable bonds is 12. The van der Waals surface area contributed by atoms with Crippen LogP contribution < -0.4 is 33.3 Å². The average molecular weight is 531 g/mol. The number of anilines is 1. The summed E-state index contributed by atoms with van der Waals surface area (Å²) >= 11 is 0. The lowest BCUT2D eigenvalue weighted by molar-refractivity contribution is -0.119. The van der Waals surface area contributed by atoms with E-state index >= 15 is 0 Å². The van der Waals surface area contributed by atoms with Crippen LogP contribution in [-0.4, -0.2) is 56.4 Å². The van der Waals surface area contributed by atoms with Crippen LogP contribution in [-0.2, 0) is 21.4 Å². The van der Waals surface area contributed by atoms with Gasteiger partial charge in [-0.25, -0.2) is 8.42 Å². The fourth-order valence-electron chi connectivity index (χ4n) is 3.69. The van der Waals surface area contributed by atoms with Crippen molar-refractivity contribution in [3.63, 3.8) is 0 Å². The molecule has 3 aromatic rings. The number of hydrogen-bond donors (Lipinski definition) is 1. The highest BCUT2D eigenvalue weighted by Gasteiger charge is 2.29. The first kappa shape index (κ1) is 27.5. The molecular formula is C26H30N2O8S. The topological polar surface area (TPSA) is 113 Å². The second-order valence-corrected chi connectivity index (χ2v) is 9.49. The normalized spacial score (nSPS) is 10.8. The van der Waals surface area contributed by atoms with Crippen molar-refractivity contribution >= 4 is 21.6 Å². The van der Waals surface area contributed by atoms with Gasteiger partial charge in [0, 0.05) is 12.1 Å². The molecule has 11 heteroatoms. The molecule has 10 nitrogen and oxygen atoms in total. The number of nitrogens with one attached hydrogen (secondary N) is 1. The number of benzene rings is 3. The van der Waals surface area contributed by atoms with E-state index < -0.39 is 22.5 Å². The van der Waals surface area contributed by atoms with Crippen LogP contribution in [0, 0.1) is 0 Å². The second-order valence-electron chi connectivity index (χ2n) is 7.63. The Kier molecular flexibility index (Phi) is 9.07. The van der Waals surface area contributed by atoms with E-state index in [0.29, 0.717) is 34.3 Å². The van der Waals surface area contributed by atoms with Crippen LogP contribution in [0.2, 0.25) is 0 Å². The lowest BCUT2D eigenvalue weighted by atomic mass is 10.1. The Morgan fingerprint density at radius 1 is 0.757 bits per heavy atom. The van der Waals surface area contributed by atoms with Gasteiger partial charge in [0.05, 0.1) is 46.1 Å². The third kappa shape index (κ3) is 6.00. The Labute approximate surface area is 216 Å². The van der Waals surface area contributed by atoms with Crippen LogP contribution in [0.15, 0.2) is 65.6 Å². The van der Waals surface area contributed by atoms with Crippen molar-refractivity contribution in [1.82, 2.24) is 5.32 Å². The highest BCUT2D eigenvalue weighted by atomic mass is 32.2. The minimum Gasteiger partial charge on any atom is -0.497 e. The number of carbonyl (C=O) groups excluding carboxylic acids is 1. The first-order valence-corrected chi connectivity index (χ1v) is 12.6. The SMILES string of the molecule is COc1ccc(S(=O)(=O)N(CC(=O)NCc2ccc(OC)c(OC)c2OC)c2ccccc2OC)cc1. The smallest absolute Gasteiger partial charge is 0.264 e. The monoisotopic (exact) mass is 530 g/mol. The lowest BCUT2D eigenvalue weighted by Gasteiger charge is -2.25. The summed E-state index contributed by atoms with van der Waals surface area (Å²) in [7, 11) is 3.24. The molecule has 198 valence electrons. The van der Waals surface area contributed by atoms with E-state index in [1.165, 1.54) is 59.8 Å². The Morgan fingerprint density at radius 2 is 1.41 bits per heavy atom. The zero-order chi connectivity index (χ0) is 27.0. The van der Waals surface area contributed by atoms with E-state index in [-0.39, 0.29) is 17.1 Å². The number of hydrogen-bond acceptors (Lipinski definition) is 8. The van der Waals surface area contributed by atoms with E-state index in [2.05, 4.69) is 5.32 Å². The van der Waals surface area contributed by atoms with E-state index in [9.17, 15) is 13.2 Å². The quantitative estimate of drug-likeness (QED) is 0.380. The number of amides is 1. The molecule has 0 heterocycles. The fourth-order valence-corrected chi connectivity index (χ4v) is 5.12. The predicted molar refractivity (Wildman–Crippen MR) is 138 cm³/mol. The Hall–Kier alpha value is -4.12. The minimum absolute atomic E-state index is 0.00596. The number of para-hydroxylation sites is 2. The highest BCUT2D eigenvalue weighted by Crippen LogP contribution is 2.39. The molecule has 0 radical (unpaired) electrons. The van der Waals surface area contributed by atoms with Gasteiger partial charge in [-0.15, -0.1) is 0 Å². The predicted octanol–water partition coefficient (Wildman–Crippen LogP) is 3.24. The van der Waals surface area contributed by atoms with Crippen LogP contribution in [0.25, 0.3) is 0 Å². The standard InChI is InChI=1S/C26H30N2O8S/c1-32-19-11-13-20(14-12-19)37(30,31)28(21-8-6-7-9-22(21)33-2)17-24(29)27-16-18-10-15-23(34-3)26(36-5)25(18)35-4/h6-15H,16-17H2,1-5H3,(H,27,29). The van der Waals surface area contributed by atoms with Crippen molar-refractivity contribution in [2.24, 2.45) is 0 Å². The van der Waals surface area contributed by atoms with E-state index in [4.69, 9.17) is 23.7 Å². The summed E-state index contributed by atoms with van der Waals surface area (Å²) in [6.07, 6.45) is 0. The molecule has 3 rings (SSSR count). The van der Waals surface area contributed by atoms with Crippen LogP contribution in [0.4, 0.5) is 5.69 Å². The molecule has 0 aliphatic rings. The van der Waals surface area contributed by atoms with Gasteiger partial charge in [-0.05, 0) is 48.5 Å². The van der Waals surface area contributed by atoms with Crippen LogP contribution in [0.1, 0.15) is 5.56 Å². The fraction of sp³-hybridized carbons (Fsp3) is 0.269.